The van der Waals surface area contributed by atoms with Gasteiger partial charge in [0.05, 0.1) is 0 Å². The molecule has 0 spiro atoms. The minimum Gasteiger partial charge on any atom is -0.365 e. The molecule has 11 heavy (non-hydrogen) atoms. The summed E-state index contributed by atoms with van der Waals surface area (Å²) in [6.07, 6.45) is 6.46. The molecular formula is C8H8O3. The van der Waals surface area contributed by atoms with Crippen LogP contribution in [0.5, 0.6) is 0 Å². The Kier molecular flexibility index (Phi) is 1.81. The lowest BCUT2D eigenvalue weighted by atomic mass is 9.99. The maximum Gasteiger partial charge on any atom is 0.199 e. The van der Waals surface area contributed by atoms with Crippen LogP contribution in [-0.4, -0.2) is 22.8 Å². The normalized spacial score (nSPS) is 36.8. The first-order valence-electron chi connectivity index (χ1n) is 3.15. The van der Waals surface area contributed by atoms with Crippen molar-refractivity contribution >= 4 is 5.78 Å². The first-order chi connectivity index (χ1) is 5.08. The predicted octanol–water partition coefficient (Wildman–Crippen LogP) is -0.148. The zero-order valence-corrected chi connectivity index (χ0v) is 6.07. The lowest BCUT2D eigenvalue weighted by Crippen LogP contribution is -2.41. The highest BCUT2D eigenvalue weighted by molar-refractivity contribution is 5.99. The second-order valence-corrected chi connectivity index (χ2v) is 2.41. The lowest BCUT2D eigenvalue weighted by Gasteiger charge is -2.26. The van der Waals surface area contributed by atoms with Gasteiger partial charge in [0.2, 0.25) is 0 Å². The molecule has 0 amide bonds. The third-order valence-corrected chi connectivity index (χ3v) is 1.51. The van der Waals surface area contributed by atoms with Crippen LogP contribution in [-0.2, 0) is 9.53 Å². The Morgan fingerprint density at radius 3 is 3.00 bits per heavy atom. The number of ether oxygens (including phenoxy) is 1. The SMILES string of the molecule is C#C[C@@]1(C)OC(O)C=CC1=O. The second kappa shape index (κ2) is 2.50. The molecule has 1 N–H and O–H groups in total. The van der Waals surface area contributed by atoms with Crippen molar-refractivity contribution in [3.8, 4) is 12.3 Å². The summed E-state index contributed by atoms with van der Waals surface area (Å²) >= 11 is 0. The van der Waals surface area contributed by atoms with Gasteiger partial charge >= 0.3 is 0 Å². The van der Waals surface area contributed by atoms with Gasteiger partial charge < -0.3 is 9.84 Å². The van der Waals surface area contributed by atoms with E-state index in [1.807, 2.05) is 0 Å². The first kappa shape index (κ1) is 7.99. The third kappa shape index (κ3) is 1.32. The van der Waals surface area contributed by atoms with Crippen molar-refractivity contribution in [1.82, 2.24) is 0 Å². The zero-order chi connectivity index (χ0) is 8.48. The van der Waals surface area contributed by atoms with Gasteiger partial charge in [-0.05, 0) is 19.1 Å². The number of ketones is 1. The summed E-state index contributed by atoms with van der Waals surface area (Å²) in [5, 5.41) is 8.94. The highest BCUT2D eigenvalue weighted by Gasteiger charge is 2.35. The van der Waals surface area contributed by atoms with E-state index in [1.54, 1.807) is 0 Å². The van der Waals surface area contributed by atoms with Gasteiger partial charge in [-0.25, -0.2) is 0 Å². The van der Waals surface area contributed by atoms with Crippen LogP contribution in [0.2, 0.25) is 0 Å². The van der Waals surface area contributed by atoms with E-state index in [0.29, 0.717) is 0 Å². The molecule has 1 heterocycles. The van der Waals surface area contributed by atoms with E-state index in [0.717, 1.165) is 0 Å². The Morgan fingerprint density at radius 2 is 2.55 bits per heavy atom. The molecule has 2 atom stereocenters. The van der Waals surface area contributed by atoms with Crippen LogP contribution in [0.4, 0.5) is 0 Å². The van der Waals surface area contributed by atoms with Gasteiger partial charge in [-0.1, -0.05) is 5.92 Å². The Labute approximate surface area is 64.7 Å². The molecule has 1 aliphatic heterocycles. The van der Waals surface area contributed by atoms with Crippen molar-refractivity contribution in [3.63, 3.8) is 0 Å². The molecule has 0 aliphatic carbocycles. The van der Waals surface area contributed by atoms with E-state index < -0.39 is 11.9 Å². The number of carbonyl (C=O) groups is 1. The summed E-state index contributed by atoms with van der Waals surface area (Å²) in [6.45, 7) is 1.45. The number of aliphatic hydroxyl groups is 1. The Bertz CT molecular complexity index is 249. The Morgan fingerprint density at radius 1 is 1.91 bits per heavy atom. The van der Waals surface area contributed by atoms with Crippen molar-refractivity contribution < 1.29 is 14.6 Å². The van der Waals surface area contributed by atoms with Crippen LogP contribution >= 0.6 is 0 Å². The summed E-state index contributed by atoms with van der Waals surface area (Å²) in [5.41, 5.74) is -1.30. The van der Waals surface area contributed by atoms with Crippen LogP contribution in [0.25, 0.3) is 0 Å². The van der Waals surface area contributed by atoms with Gasteiger partial charge in [0.1, 0.15) is 0 Å². The summed E-state index contributed by atoms with van der Waals surface area (Å²) in [6, 6.07) is 0. The van der Waals surface area contributed by atoms with Crippen LogP contribution < -0.4 is 0 Å². The Hall–Kier alpha value is -1.11. The largest absolute Gasteiger partial charge is 0.365 e. The van der Waals surface area contributed by atoms with Crippen molar-refractivity contribution in [3.05, 3.63) is 12.2 Å². The molecule has 1 aliphatic rings. The maximum absolute atomic E-state index is 11.0. The fraction of sp³-hybridized carbons (Fsp3) is 0.375. The van der Waals surface area contributed by atoms with E-state index in [1.165, 1.54) is 19.1 Å². The number of carbonyl (C=O) groups excluding carboxylic acids is 1. The topological polar surface area (TPSA) is 46.5 Å². The number of rotatable bonds is 0. The van der Waals surface area contributed by atoms with Crippen molar-refractivity contribution in [2.75, 3.05) is 0 Å². The van der Waals surface area contributed by atoms with Crippen LogP contribution in [0, 0.1) is 12.3 Å². The van der Waals surface area contributed by atoms with Gasteiger partial charge in [-0.15, -0.1) is 6.42 Å². The van der Waals surface area contributed by atoms with E-state index in [9.17, 15) is 4.79 Å². The van der Waals surface area contributed by atoms with Gasteiger partial charge in [-0.3, -0.25) is 4.79 Å². The van der Waals surface area contributed by atoms with Crippen molar-refractivity contribution in [2.24, 2.45) is 0 Å². The molecule has 1 rings (SSSR count). The van der Waals surface area contributed by atoms with E-state index in [4.69, 9.17) is 16.3 Å². The van der Waals surface area contributed by atoms with Gasteiger partial charge in [0, 0.05) is 0 Å². The molecule has 0 saturated carbocycles. The molecule has 0 saturated heterocycles. The quantitative estimate of drug-likeness (QED) is 0.491. The number of terminal acetylenes is 1. The fourth-order valence-electron chi connectivity index (χ4n) is 0.773. The highest BCUT2D eigenvalue weighted by Crippen LogP contribution is 2.18. The monoisotopic (exact) mass is 152 g/mol. The molecule has 0 fully saturated rings. The van der Waals surface area contributed by atoms with Gasteiger partial charge in [-0.2, -0.15) is 0 Å². The molecule has 0 aromatic heterocycles. The minimum atomic E-state index is -1.30. The minimum absolute atomic E-state index is 0.315. The Balaban J connectivity index is 2.95. The molecular weight excluding hydrogens is 144 g/mol. The van der Waals surface area contributed by atoms with E-state index in [-0.39, 0.29) is 5.78 Å². The molecule has 3 heteroatoms. The first-order valence-corrected chi connectivity index (χ1v) is 3.15. The summed E-state index contributed by atoms with van der Waals surface area (Å²) in [4.78, 5) is 11.0. The van der Waals surface area contributed by atoms with Crippen LogP contribution in [0.3, 0.4) is 0 Å². The summed E-state index contributed by atoms with van der Waals surface area (Å²) in [7, 11) is 0. The number of hydrogen-bond donors (Lipinski definition) is 1. The predicted molar refractivity (Wildman–Crippen MR) is 38.5 cm³/mol. The van der Waals surface area contributed by atoms with E-state index in [2.05, 4.69) is 5.92 Å². The number of aliphatic hydroxyl groups excluding tert-OH is 1. The molecule has 0 aromatic carbocycles. The zero-order valence-electron chi connectivity index (χ0n) is 6.07. The second-order valence-electron chi connectivity index (χ2n) is 2.41. The van der Waals surface area contributed by atoms with Crippen molar-refractivity contribution in [1.29, 1.82) is 0 Å². The van der Waals surface area contributed by atoms with Gasteiger partial charge in [0.25, 0.3) is 0 Å². The van der Waals surface area contributed by atoms with Crippen molar-refractivity contribution in [2.45, 2.75) is 18.8 Å². The average Bonchev–Trinajstić information content (AvgIpc) is 1.98. The smallest absolute Gasteiger partial charge is 0.199 e. The fourth-order valence-corrected chi connectivity index (χ4v) is 0.773. The highest BCUT2D eigenvalue weighted by atomic mass is 16.6. The molecule has 0 radical (unpaired) electrons. The molecule has 0 aromatic rings. The maximum atomic E-state index is 11.0. The molecule has 1 unspecified atom stereocenters. The molecule has 0 bridgehead atoms. The third-order valence-electron chi connectivity index (χ3n) is 1.51. The average molecular weight is 152 g/mol. The van der Waals surface area contributed by atoms with E-state index >= 15 is 0 Å². The standard InChI is InChI=1S/C8H8O3/c1-3-8(2)6(9)4-5-7(10)11-8/h1,4-5,7,10H,2H3/t7?,8-/m1/s1. The molecule has 3 nitrogen and oxygen atoms in total. The summed E-state index contributed by atoms with van der Waals surface area (Å²) in [5.74, 6) is 1.86. The summed E-state index contributed by atoms with van der Waals surface area (Å²) < 4.78 is 4.82. The van der Waals surface area contributed by atoms with Crippen LogP contribution in [0.15, 0.2) is 12.2 Å². The lowest BCUT2D eigenvalue weighted by molar-refractivity contribution is -0.159. The number of hydrogen-bond acceptors (Lipinski definition) is 3. The molecule has 58 valence electrons. The van der Waals surface area contributed by atoms with Crippen LogP contribution in [0.1, 0.15) is 6.92 Å². The van der Waals surface area contributed by atoms with Gasteiger partial charge in [0.15, 0.2) is 17.7 Å².